The van der Waals surface area contributed by atoms with E-state index in [0.717, 1.165) is 25.7 Å². The Bertz CT molecular complexity index is 352. The molecule has 1 rings (SSSR count). The molecule has 0 atom stereocenters. The van der Waals surface area contributed by atoms with Crippen LogP contribution in [0.5, 0.6) is 0 Å². The summed E-state index contributed by atoms with van der Waals surface area (Å²) < 4.78 is 4.94. The molecule has 0 aromatic heterocycles. The molecular formula is C17H31NO3. The third-order valence-corrected chi connectivity index (χ3v) is 4.62. The first-order valence-electron chi connectivity index (χ1n) is 8.24. The zero-order valence-electron chi connectivity index (χ0n) is 14.3. The molecule has 1 aliphatic carbocycles. The van der Waals surface area contributed by atoms with E-state index in [-0.39, 0.29) is 24.3 Å². The molecule has 0 radical (unpaired) electrons. The summed E-state index contributed by atoms with van der Waals surface area (Å²) >= 11 is 0. The van der Waals surface area contributed by atoms with Crippen molar-refractivity contribution in [2.75, 3.05) is 19.7 Å². The minimum Gasteiger partial charge on any atom is -0.465 e. The highest BCUT2D eigenvalue weighted by atomic mass is 16.5. The zero-order chi connectivity index (χ0) is 16.0. The highest BCUT2D eigenvalue weighted by molar-refractivity contribution is 5.83. The number of rotatable bonds is 5. The molecule has 0 aromatic rings. The van der Waals surface area contributed by atoms with E-state index >= 15 is 0 Å². The molecule has 4 nitrogen and oxygen atoms in total. The van der Waals surface area contributed by atoms with Crippen LogP contribution in [-0.2, 0) is 14.3 Å². The molecule has 0 aromatic carbocycles. The second kappa shape index (κ2) is 7.81. The van der Waals surface area contributed by atoms with Gasteiger partial charge < -0.3 is 9.64 Å². The number of nitrogens with zero attached hydrogens (tertiary/aromatic N) is 1. The number of hydrogen-bond donors (Lipinski definition) is 0. The van der Waals surface area contributed by atoms with Crippen LogP contribution < -0.4 is 0 Å². The molecule has 122 valence electrons. The Morgan fingerprint density at radius 1 is 1.10 bits per heavy atom. The van der Waals surface area contributed by atoms with Gasteiger partial charge in [0.15, 0.2) is 0 Å². The molecule has 0 saturated heterocycles. The van der Waals surface area contributed by atoms with E-state index in [4.69, 9.17) is 4.74 Å². The second-order valence-electron chi connectivity index (χ2n) is 7.07. The van der Waals surface area contributed by atoms with Crippen LogP contribution in [0.4, 0.5) is 0 Å². The van der Waals surface area contributed by atoms with E-state index in [1.807, 2.05) is 6.92 Å². The SMILES string of the molecule is CCOC(=O)CN(CC)C(=O)C1CCC(C(C)(C)C)CC1. The molecule has 21 heavy (non-hydrogen) atoms. The summed E-state index contributed by atoms with van der Waals surface area (Å²) in [6.45, 7) is 11.5. The summed E-state index contributed by atoms with van der Waals surface area (Å²) in [6, 6.07) is 0. The monoisotopic (exact) mass is 297 g/mol. The van der Waals surface area contributed by atoms with Crippen LogP contribution in [0.25, 0.3) is 0 Å². The molecule has 0 unspecified atom stereocenters. The molecule has 1 saturated carbocycles. The molecule has 1 fully saturated rings. The van der Waals surface area contributed by atoms with Crippen molar-refractivity contribution in [1.82, 2.24) is 4.90 Å². The number of carbonyl (C=O) groups excluding carboxylic acids is 2. The van der Waals surface area contributed by atoms with Crippen molar-refractivity contribution in [2.24, 2.45) is 17.3 Å². The van der Waals surface area contributed by atoms with Gasteiger partial charge in [0.25, 0.3) is 0 Å². The molecule has 0 heterocycles. The number of hydrogen-bond acceptors (Lipinski definition) is 3. The Kier molecular flexibility index (Phi) is 6.69. The summed E-state index contributed by atoms with van der Waals surface area (Å²) in [5.74, 6) is 0.591. The summed E-state index contributed by atoms with van der Waals surface area (Å²) in [7, 11) is 0. The Balaban J connectivity index is 2.53. The van der Waals surface area contributed by atoms with Gasteiger partial charge in [0.2, 0.25) is 5.91 Å². The smallest absolute Gasteiger partial charge is 0.325 e. The van der Waals surface area contributed by atoms with Gasteiger partial charge in [-0.1, -0.05) is 20.8 Å². The van der Waals surface area contributed by atoms with Crippen molar-refractivity contribution in [3.63, 3.8) is 0 Å². The number of ether oxygens (including phenoxy) is 1. The third kappa shape index (κ3) is 5.33. The topological polar surface area (TPSA) is 46.6 Å². The normalized spacial score (nSPS) is 22.7. The fourth-order valence-corrected chi connectivity index (χ4v) is 3.17. The van der Waals surface area contributed by atoms with Gasteiger partial charge in [-0.15, -0.1) is 0 Å². The summed E-state index contributed by atoms with van der Waals surface area (Å²) in [4.78, 5) is 25.7. The predicted molar refractivity (Wildman–Crippen MR) is 83.8 cm³/mol. The Morgan fingerprint density at radius 3 is 2.10 bits per heavy atom. The molecule has 0 spiro atoms. The lowest BCUT2D eigenvalue weighted by molar-refractivity contribution is -0.150. The molecule has 4 heteroatoms. The highest BCUT2D eigenvalue weighted by Crippen LogP contribution is 2.40. The fraction of sp³-hybridized carbons (Fsp3) is 0.882. The summed E-state index contributed by atoms with van der Waals surface area (Å²) in [5, 5.41) is 0. The largest absolute Gasteiger partial charge is 0.465 e. The van der Waals surface area contributed by atoms with Gasteiger partial charge in [-0.2, -0.15) is 0 Å². The molecule has 1 aliphatic rings. The minimum atomic E-state index is -0.309. The van der Waals surface area contributed by atoms with Crippen molar-refractivity contribution in [3.8, 4) is 0 Å². The maximum atomic E-state index is 12.5. The van der Waals surface area contributed by atoms with Gasteiger partial charge in [-0.3, -0.25) is 9.59 Å². The highest BCUT2D eigenvalue weighted by Gasteiger charge is 2.34. The molecule has 0 N–H and O–H groups in total. The lowest BCUT2D eigenvalue weighted by Crippen LogP contribution is -2.41. The fourth-order valence-electron chi connectivity index (χ4n) is 3.17. The van der Waals surface area contributed by atoms with Crippen LogP contribution in [0, 0.1) is 17.3 Å². The molecular weight excluding hydrogens is 266 g/mol. The van der Waals surface area contributed by atoms with Gasteiger partial charge in [0.1, 0.15) is 6.54 Å². The number of amides is 1. The Labute approximate surface area is 129 Å². The van der Waals surface area contributed by atoms with Gasteiger partial charge in [0, 0.05) is 12.5 Å². The number of esters is 1. The van der Waals surface area contributed by atoms with E-state index in [9.17, 15) is 9.59 Å². The maximum absolute atomic E-state index is 12.5. The van der Waals surface area contributed by atoms with Crippen LogP contribution in [0.15, 0.2) is 0 Å². The first-order valence-corrected chi connectivity index (χ1v) is 8.24. The molecule has 1 amide bonds. The van der Waals surface area contributed by atoms with Crippen LogP contribution in [0.1, 0.15) is 60.3 Å². The average molecular weight is 297 g/mol. The summed E-state index contributed by atoms with van der Waals surface area (Å²) in [5.41, 5.74) is 0.323. The first-order chi connectivity index (χ1) is 9.79. The van der Waals surface area contributed by atoms with Gasteiger partial charge in [0.05, 0.1) is 6.61 Å². The Hall–Kier alpha value is -1.06. The van der Waals surface area contributed by atoms with Crippen molar-refractivity contribution >= 4 is 11.9 Å². The quantitative estimate of drug-likeness (QED) is 0.732. The molecule has 0 bridgehead atoms. The van der Waals surface area contributed by atoms with E-state index in [2.05, 4.69) is 20.8 Å². The minimum absolute atomic E-state index is 0.0815. The third-order valence-electron chi connectivity index (χ3n) is 4.62. The first kappa shape index (κ1) is 18.0. The number of likely N-dealkylation sites (N-methyl/N-ethyl adjacent to an activating group) is 1. The Morgan fingerprint density at radius 2 is 1.67 bits per heavy atom. The van der Waals surface area contributed by atoms with Gasteiger partial charge >= 0.3 is 5.97 Å². The van der Waals surface area contributed by atoms with Crippen molar-refractivity contribution < 1.29 is 14.3 Å². The van der Waals surface area contributed by atoms with Crippen molar-refractivity contribution in [1.29, 1.82) is 0 Å². The van der Waals surface area contributed by atoms with Crippen LogP contribution in [0.2, 0.25) is 0 Å². The summed E-state index contributed by atoms with van der Waals surface area (Å²) in [6.07, 6.45) is 4.11. The standard InChI is InChI=1S/C17H31NO3/c1-6-18(12-15(19)21-7-2)16(20)13-8-10-14(11-9-13)17(3,4)5/h13-14H,6-12H2,1-5H3. The van der Waals surface area contributed by atoms with E-state index in [0.29, 0.717) is 24.5 Å². The number of carbonyl (C=O) groups is 2. The van der Waals surface area contributed by atoms with Crippen LogP contribution >= 0.6 is 0 Å². The lowest BCUT2D eigenvalue weighted by Gasteiger charge is -2.37. The van der Waals surface area contributed by atoms with Crippen LogP contribution in [0.3, 0.4) is 0 Å². The lowest BCUT2D eigenvalue weighted by atomic mass is 9.69. The van der Waals surface area contributed by atoms with Crippen molar-refractivity contribution in [2.45, 2.75) is 60.3 Å². The van der Waals surface area contributed by atoms with Gasteiger partial charge in [-0.05, 0) is 50.9 Å². The average Bonchev–Trinajstić information content (AvgIpc) is 2.43. The van der Waals surface area contributed by atoms with E-state index < -0.39 is 0 Å². The van der Waals surface area contributed by atoms with Gasteiger partial charge in [-0.25, -0.2) is 0 Å². The zero-order valence-corrected chi connectivity index (χ0v) is 14.3. The maximum Gasteiger partial charge on any atom is 0.325 e. The van der Waals surface area contributed by atoms with E-state index in [1.54, 1.807) is 11.8 Å². The van der Waals surface area contributed by atoms with Crippen molar-refractivity contribution in [3.05, 3.63) is 0 Å². The van der Waals surface area contributed by atoms with E-state index in [1.165, 1.54) is 0 Å². The molecule has 0 aliphatic heterocycles. The van der Waals surface area contributed by atoms with Crippen LogP contribution in [-0.4, -0.2) is 36.5 Å². The predicted octanol–water partition coefficient (Wildman–Crippen LogP) is 3.25. The second-order valence-corrected chi connectivity index (χ2v) is 7.07.